The molecule has 0 amide bonds. The molecule has 5 rings (SSSR count). The van der Waals surface area contributed by atoms with Crippen LogP contribution in [0.3, 0.4) is 0 Å². The first-order chi connectivity index (χ1) is 13.8. The van der Waals surface area contributed by atoms with Gasteiger partial charge < -0.3 is 14.4 Å². The molecule has 0 aromatic carbocycles. The molecule has 1 unspecified atom stereocenters. The lowest BCUT2D eigenvalue weighted by Crippen LogP contribution is -2.44. The molecule has 0 aliphatic carbocycles. The highest BCUT2D eigenvalue weighted by Gasteiger charge is 2.23. The molecule has 3 aromatic rings. The quantitative estimate of drug-likeness (QED) is 0.695. The van der Waals surface area contributed by atoms with Gasteiger partial charge in [0.05, 0.1) is 24.9 Å². The van der Waals surface area contributed by atoms with Crippen LogP contribution in [0.15, 0.2) is 36.7 Å². The van der Waals surface area contributed by atoms with E-state index in [-0.39, 0.29) is 6.23 Å². The third-order valence-corrected chi connectivity index (χ3v) is 5.60. The second kappa shape index (κ2) is 7.48. The molecule has 0 bridgehead atoms. The number of hydrogen-bond donors (Lipinski definition) is 0. The van der Waals surface area contributed by atoms with E-state index in [4.69, 9.17) is 14.5 Å². The number of pyridine rings is 2. The number of nitrogens with zero attached hydrogens (tertiary/aromatic N) is 5. The predicted octanol–water partition coefficient (Wildman–Crippen LogP) is 3.42. The Morgan fingerprint density at radius 1 is 1.07 bits per heavy atom. The molecule has 0 spiro atoms. The van der Waals surface area contributed by atoms with Gasteiger partial charge in [-0.05, 0) is 50.5 Å². The van der Waals surface area contributed by atoms with Crippen LogP contribution in [0.4, 0.5) is 5.82 Å². The van der Waals surface area contributed by atoms with Crippen molar-refractivity contribution in [1.29, 1.82) is 0 Å². The van der Waals surface area contributed by atoms with Crippen molar-refractivity contribution in [1.82, 2.24) is 19.7 Å². The van der Waals surface area contributed by atoms with Crippen molar-refractivity contribution in [3.63, 3.8) is 0 Å². The summed E-state index contributed by atoms with van der Waals surface area (Å²) in [6.07, 6.45) is 6.88. The van der Waals surface area contributed by atoms with Crippen LogP contribution >= 0.6 is 0 Å². The number of anilines is 1. The molecule has 2 aliphatic rings. The minimum atomic E-state index is -0.0294. The maximum absolute atomic E-state index is 5.96. The fourth-order valence-electron chi connectivity index (χ4n) is 4.10. The Morgan fingerprint density at radius 3 is 2.89 bits per heavy atom. The molecule has 2 aliphatic heterocycles. The summed E-state index contributed by atoms with van der Waals surface area (Å²) in [6.45, 7) is 5.26. The van der Waals surface area contributed by atoms with Gasteiger partial charge in [0.1, 0.15) is 17.0 Å². The van der Waals surface area contributed by atoms with E-state index in [1.807, 2.05) is 29.2 Å². The summed E-state index contributed by atoms with van der Waals surface area (Å²) in [6, 6.07) is 8.54. The second-order valence-electron chi connectivity index (χ2n) is 7.50. The standard InChI is InChI=1S/C21H25N5O2/c1-15-14-27-13-11-25(15)18-6-5-16-7-9-22-21(20(16)24-18)17-8-10-23-26(17)19-4-2-3-12-28-19/h5-10,15,19H,2-4,11-14H2,1H3/t15-,19?/m1/s1. The van der Waals surface area contributed by atoms with E-state index in [2.05, 4.69) is 34.0 Å². The first kappa shape index (κ1) is 17.6. The molecule has 28 heavy (non-hydrogen) atoms. The number of hydrogen-bond acceptors (Lipinski definition) is 6. The average Bonchev–Trinajstić information content (AvgIpc) is 3.24. The lowest BCUT2D eigenvalue weighted by molar-refractivity contribution is -0.0383. The SMILES string of the molecule is C[C@@H]1COCCN1c1ccc2ccnc(-c3ccnn3C3CCCCO3)c2n1. The Kier molecular flexibility index (Phi) is 4.70. The van der Waals surface area contributed by atoms with Gasteiger partial charge in [0.25, 0.3) is 0 Å². The Hall–Kier alpha value is -2.51. The molecule has 5 heterocycles. The van der Waals surface area contributed by atoms with Crippen LogP contribution in [-0.4, -0.2) is 52.2 Å². The summed E-state index contributed by atoms with van der Waals surface area (Å²) in [7, 11) is 0. The largest absolute Gasteiger partial charge is 0.377 e. The summed E-state index contributed by atoms with van der Waals surface area (Å²) < 4.78 is 13.5. The van der Waals surface area contributed by atoms with Gasteiger partial charge in [0, 0.05) is 30.9 Å². The van der Waals surface area contributed by atoms with Crippen LogP contribution in [-0.2, 0) is 9.47 Å². The van der Waals surface area contributed by atoms with E-state index in [9.17, 15) is 0 Å². The first-order valence-electron chi connectivity index (χ1n) is 10.1. The zero-order valence-corrected chi connectivity index (χ0v) is 16.1. The summed E-state index contributed by atoms with van der Waals surface area (Å²) in [5.41, 5.74) is 2.71. The number of aromatic nitrogens is 4. The third-order valence-electron chi connectivity index (χ3n) is 5.60. The highest BCUT2D eigenvalue weighted by Crippen LogP contribution is 2.31. The van der Waals surface area contributed by atoms with E-state index in [0.717, 1.165) is 73.7 Å². The van der Waals surface area contributed by atoms with Gasteiger partial charge >= 0.3 is 0 Å². The molecule has 7 heteroatoms. The molecule has 146 valence electrons. The summed E-state index contributed by atoms with van der Waals surface area (Å²) in [5, 5.41) is 5.62. The fraction of sp³-hybridized carbons (Fsp3) is 0.476. The highest BCUT2D eigenvalue weighted by molar-refractivity contribution is 5.91. The summed E-state index contributed by atoms with van der Waals surface area (Å²) in [4.78, 5) is 12.0. The maximum atomic E-state index is 5.96. The number of ether oxygens (including phenoxy) is 2. The van der Waals surface area contributed by atoms with Crippen molar-refractivity contribution in [3.05, 3.63) is 36.7 Å². The van der Waals surface area contributed by atoms with E-state index < -0.39 is 0 Å². The van der Waals surface area contributed by atoms with E-state index in [1.54, 1.807) is 0 Å². The van der Waals surface area contributed by atoms with E-state index >= 15 is 0 Å². The minimum absolute atomic E-state index is 0.0294. The molecular formula is C21H25N5O2. The van der Waals surface area contributed by atoms with Crippen LogP contribution in [0, 0.1) is 0 Å². The molecule has 0 radical (unpaired) electrons. The monoisotopic (exact) mass is 379 g/mol. The van der Waals surface area contributed by atoms with Crippen molar-refractivity contribution in [3.8, 4) is 11.4 Å². The van der Waals surface area contributed by atoms with Crippen molar-refractivity contribution >= 4 is 16.7 Å². The van der Waals surface area contributed by atoms with Crippen LogP contribution in [0.2, 0.25) is 0 Å². The molecule has 2 fully saturated rings. The first-order valence-corrected chi connectivity index (χ1v) is 10.1. The van der Waals surface area contributed by atoms with Gasteiger partial charge in [-0.1, -0.05) is 0 Å². The molecule has 0 saturated carbocycles. The van der Waals surface area contributed by atoms with Crippen molar-refractivity contribution in [2.75, 3.05) is 31.3 Å². The summed E-state index contributed by atoms with van der Waals surface area (Å²) in [5.74, 6) is 0.970. The van der Waals surface area contributed by atoms with Crippen LogP contribution in [0.1, 0.15) is 32.4 Å². The van der Waals surface area contributed by atoms with Gasteiger partial charge in [0.15, 0.2) is 6.23 Å². The maximum Gasteiger partial charge on any atom is 0.150 e. The van der Waals surface area contributed by atoms with E-state index in [0.29, 0.717) is 6.04 Å². The van der Waals surface area contributed by atoms with Crippen LogP contribution in [0.25, 0.3) is 22.3 Å². The normalized spacial score (nSPS) is 23.2. The Labute approximate surface area is 164 Å². The van der Waals surface area contributed by atoms with Gasteiger partial charge in [-0.25, -0.2) is 9.67 Å². The Bertz CT molecular complexity index is 966. The van der Waals surface area contributed by atoms with Crippen molar-refractivity contribution in [2.24, 2.45) is 0 Å². The topological polar surface area (TPSA) is 65.3 Å². The van der Waals surface area contributed by atoms with Gasteiger partial charge in [-0.15, -0.1) is 0 Å². The smallest absolute Gasteiger partial charge is 0.150 e. The Morgan fingerprint density at radius 2 is 2.04 bits per heavy atom. The third kappa shape index (κ3) is 3.14. The molecular weight excluding hydrogens is 354 g/mol. The minimum Gasteiger partial charge on any atom is -0.377 e. The molecule has 7 nitrogen and oxygen atoms in total. The van der Waals surface area contributed by atoms with Gasteiger partial charge in [-0.3, -0.25) is 4.98 Å². The van der Waals surface area contributed by atoms with Gasteiger partial charge in [0.2, 0.25) is 0 Å². The molecule has 2 saturated heterocycles. The summed E-state index contributed by atoms with van der Waals surface area (Å²) >= 11 is 0. The molecule has 0 N–H and O–H groups in total. The highest BCUT2D eigenvalue weighted by atomic mass is 16.5. The predicted molar refractivity (Wildman–Crippen MR) is 107 cm³/mol. The number of fused-ring (bicyclic) bond motifs is 1. The zero-order valence-electron chi connectivity index (χ0n) is 16.1. The average molecular weight is 379 g/mol. The van der Waals surface area contributed by atoms with Crippen LogP contribution in [0.5, 0.6) is 0 Å². The van der Waals surface area contributed by atoms with Crippen molar-refractivity contribution in [2.45, 2.75) is 38.5 Å². The molecule has 2 atom stereocenters. The van der Waals surface area contributed by atoms with Crippen LogP contribution < -0.4 is 4.90 Å². The van der Waals surface area contributed by atoms with Gasteiger partial charge in [-0.2, -0.15) is 5.10 Å². The zero-order chi connectivity index (χ0) is 18.9. The molecule has 3 aromatic heterocycles. The van der Waals surface area contributed by atoms with E-state index in [1.165, 1.54) is 0 Å². The Balaban J connectivity index is 1.58. The van der Waals surface area contributed by atoms with Crippen molar-refractivity contribution < 1.29 is 9.47 Å². The lowest BCUT2D eigenvalue weighted by Gasteiger charge is -2.34. The fourth-order valence-corrected chi connectivity index (χ4v) is 4.10. The number of rotatable bonds is 3. The number of morpholine rings is 1. The second-order valence-corrected chi connectivity index (χ2v) is 7.50. The lowest BCUT2D eigenvalue weighted by atomic mass is 10.1.